The summed E-state index contributed by atoms with van der Waals surface area (Å²) in [5.74, 6) is 0.890. The van der Waals surface area contributed by atoms with Crippen LogP contribution in [0.15, 0.2) is 18.6 Å². The van der Waals surface area contributed by atoms with Crippen LogP contribution < -0.4 is 0 Å². The van der Waals surface area contributed by atoms with Crippen LogP contribution in [-0.2, 0) is 4.74 Å². The Morgan fingerprint density at radius 2 is 2.21 bits per heavy atom. The predicted molar refractivity (Wildman–Crippen MR) is 89.6 cm³/mol. The molecule has 1 atom stereocenters. The Kier molecular flexibility index (Phi) is 4.50. The maximum absolute atomic E-state index is 12.7. The van der Waals surface area contributed by atoms with E-state index in [1.54, 1.807) is 18.6 Å². The molecule has 1 aromatic heterocycles. The normalized spacial score (nSPS) is 28.8. The molecule has 0 bridgehead atoms. The van der Waals surface area contributed by atoms with Crippen LogP contribution in [0.1, 0.15) is 36.2 Å². The van der Waals surface area contributed by atoms with Gasteiger partial charge >= 0.3 is 0 Å². The number of carbonyl (C=O) groups is 1. The number of ether oxygens (including phenoxy) is 1. The first-order chi connectivity index (χ1) is 11.7. The fourth-order valence-corrected chi connectivity index (χ4v) is 4.10. The van der Waals surface area contributed by atoms with Crippen molar-refractivity contribution in [1.29, 1.82) is 0 Å². The van der Waals surface area contributed by atoms with Crippen molar-refractivity contribution in [2.24, 2.45) is 11.3 Å². The number of amides is 1. The first-order valence-corrected chi connectivity index (χ1v) is 9.10. The summed E-state index contributed by atoms with van der Waals surface area (Å²) in [6.45, 7) is 6.42. The zero-order valence-electron chi connectivity index (χ0n) is 14.2. The van der Waals surface area contributed by atoms with Gasteiger partial charge in [-0.1, -0.05) is 0 Å². The van der Waals surface area contributed by atoms with Gasteiger partial charge in [-0.2, -0.15) is 0 Å². The summed E-state index contributed by atoms with van der Waals surface area (Å²) >= 11 is 0. The molecule has 4 rings (SSSR count). The summed E-state index contributed by atoms with van der Waals surface area (Å²) < 4.78 is 5.95. The minimum atomic E-state index is 0.000153. The lowest BCUT2D eigenvalue weighted by atomic mass is 9.80. The van der Waals surface area contributed by atoms with Gasteiger partial charge in [-0.25, -0.2) is 4.98 Å². The maximum atomic E-state index is 12.7. The first-order valence-electron chi connectivity index (χ1n) is 9.10. The second-order valence-electron chi connectivity index (χ2n) is 7.65. The molecule has 6 nitrogen and oxygen atoms in total. The molecule has 2 saturated heterocycles. The van der Waals surface area contributed by atoms with E-state index < -0.39 is 0 Å². The second kappa shape index (κ2) is 6.76. The number of nitrogens with zero attached hydrogens (tertiary/aromatic N) is 4. The lowest BCUT2D eigenvalue weighted by Gasteiger charge is -2.43. The number of aromatic nitrogens is 2. The zero-order chi connectivity index (χ0) is 16.4. The van der Waals surface area contributed by atoms with Crippen LogP contribution in [0.5, 0.6) is 0 Å². The van der Waals surface area contributed by atoms with Crippen molar-refractivity contribution in [1.82, 2.24) is 19.8 Å². The van der Waals surface area contributed by atoms with Crippen molar-refractivity contribution >= 4 is 5.91 Å². The van der Waals surface area contributed by atoms with Crippen LogP contribution in [0.2, 0.25) is 0 Å². The molecule has 0 aromatic carbocycles. The molecular weight excluding hydrogens is 304 g/mol. The minimum Gasteiger partial charge on any atom is -0.379 e. The number of carbonyl (C=O) groups excluding carboxylic acids is 1. The van der Waals surface area contributed by atoms with Crippen LogP contribution in [0.3, 0.4) is 0 Å². The highest BCUT2D eigenvalue weighted by Crippen LogP contribution is 2.36. The molecule has 1 aromatic rings. The van der Waals surface area contributed by atoms with E-state index in [0.29, 0.717) is 5.69 Å². The Balaban J connectivity index is 1.46. The largest absolute Gasteiger partial charge is 0.379 e. The third-order valence-electron chi connectivity index (χ3n) is 5.46. The molecule has 1 spiro atoms. The van der Waals surface area contributed by atoms with Crippen LogP contribution in [0, 0.1) is 11.3 Å². The molecule has 1 saturated carbocycles. The standard InChI is InChI=1S/C18H26N4O2/c23-17(16-10-19-5-6-20-16)22-7-1-4-18(13-22)12-21(8-9-24-14-18)11-15-2-3-15/h5-6,10,15H,1-4,7-9,11-14H2. The van der Waals surface area contributed by atoms with E-state index in [4.69, 9.17) is 4.74 Å². The highest BCUT2D eigenvalue weighted by molar-refractivity contribution is 5.92. The lowest BCUT2D eigenvalue weighted by molar-refractivity contribution is 0.00692. The molecule has 1 unspecified atom stereocenters. The summed E-state index contributed by atoms with van der Waals surface area (Å²) in [7, 11) is 0. The summed E-state index contributed by atoms with van der Waals surface area (Å²) in [6, 6.07) is 0. The van der Waals surface area contributed by atoms with E-state index in [0.717, 1.165) is 58.2 Å². The van der Waals surface area contributed by atoms with Crippen LogP contribution >= 0.6 is 0 Å². The van der Waals surface area contributed by atoms with Crippen molar-refractivity contribution in [3.05, 3.63) is 24.3 Å². The number of hydrogen-bond donors (Lipinski definition) is 0. The highest BCUT2D eigenvalue weighted by Gasteiger charge is 2.41. The summed E-state index contributed by atoms with van der Waals surface area (Å²) in [6.07, 6.45) is 9.67. The second-order valence-corrected chi connectivity index (χ2v) is 7.65. The van der Waals surface area contributed by atoms with Gasteiger partial charge < -0.3 is 14.5 Å². The molecule has 3 heterocycles. The van der Waals surface area contributed by atoms with Gasteiger partial charge in [-0.05, 0) is 31.6 Å². The lowest BCUT2D eigenvalue weighted by Crippen LogP contribution is -2.52. The molecule has 0 N–H and O–H groups in total. The summed E-state index contributed by atoms with van der Waals surface area (Å²) in [4.78, 5) is 25.5. The number of rotatable bonds is 3. The molecule has 2 aliphatic heterocycles. The van der Waals surface area contributed by atoms with E-state index in [1.807, 2.05) is 4.90 Å². The van der Waals surface area contributed by atoms with Gasteiger partial charge in [0, 0.05) is 50.5 Å². The number of piperidine rings is 1. The number of likely N-dealkylation sites (tertiary alicyclic amines) is 1. The van der Waals surface area contributed by atoms with Gasteiger partial charge in [0.25, 0.3) is 5.91 Å². The van der Waals surface area contributed by atoms with E-state index >= 15 is 0 Å². The van der Waals surface area contributed by atoms with Gasteiger partial charge in [0.1, 0.15) is 5.69 Å². The minimum absolute atomic E-state index is 0.000153. The molecule has 6 heteroatoms. The third-order valence-corrected chi connectivity index (χ3v) is 5.46. The average molecular weight is 330 g/mol. The van der Waals surface area contributed by atoms with Gasteiger partial charge in [-0.3, -0.25) is 9.78 Å². The van der Waals surface area contributed by atoms with Gasteiger partial charge in [0.15, 0.2) is 0 Å². The molecule has 3 aliphatic rings. The first kappa shape index (κ1) is 16.0. The molecule has 3 fully saturated rings. The van der Waals surface area contributed by atoms with Crippen LogP contribution in [-0.4, -0.2) is 71.6 Å². The molecule has 24 heavy (non-hydrogen) atoms. The fraction of sp³-hybridized carbons (Fsp3) is 0.722. The SMILES string of the molecule is O=C(c1cnccn1)N1CCCC2(COCCN(CC3CC3)C2)C1. The molecule has 1 aliphatic carbocycles. The Morgan fingerprint density at radius 1 is 1.29 bits per heavy atom. The van der Waals surface area contributed by atoms with E-state index in [2.05, 4.69) is 14.9 Å². The smallest absolute Gasteiger partial charge is 0.274 e. The summed E-state index contributed by atoms with van der Waals surface area (Å²) in [5.41, 5.74) is 0.514. The Labute approximate surface area is 143 Å². The quantitative estimate of drug-likeness (QED) is 0.839. The third kappa shape index (κ3) is 3.59. The molecule has 1 amide bonds. The van der Waals surface area contributed by atoms with Crippen molar-refractivity contribution < 1.29 is 9.53 Å². The topological polar surface area (TPSA) is 58.6 Å². The van der Waals surface area contributed by atoms with Gasteiger partial charge in [-0.15, -0.1) is 0 Å². The number of hydrogen-bond acceptors (Lipinski definition) is 5. The van der Waals surface area contributed by atoms with Crippen molar-refractivity contribution in [3.8, 4) is 0 Å². The van der Waals surface area contributed by atoms with Gasteiger partial charge in [0.2, 0.25) is 0 Å². The average Bonchev–Trinajstić information content (AvgIpc) is 3.44. The van der Waals surface area contributed by atoms with E-state index in [-0.39, 0.29) is 11.3 Å². The summed E-state index contributed by atoms with van der Waals surface area (Å²) in [5, 5.41) is 0. The molecule has 0 radical (unpaired) electrons. The Morgan fingerprint density at radius 3 is 3.00 bits per heavy atom. The van der Waals surface area contributed by atoms with Crippen molar-refractivity contribution in [3.63, 3.8) is 0 Å². The predicted octanol–water partition coefficient (Wildman–Crippen LogP) is 1.44. The van der Waals surface area contributed by atoms with Crippen molar-refractivity contribution in [2.45, 2.75) is 25.7 Å². The van der Waals surface area contributed by atoms with E-state index in [1.165, 1.54) is 19.4 Å². The fourth-order valence-electron chi connectivity index (χ4n) is 4.10. The van der Waals surface area contributed by atoms with Crippen molar-refractivity contribution in [2.75, 3.05) is 45.9 Å². The van der Waals surface area contributed by atoms with Crippen LogP contribution in [0.4, 0.5) is 0 Å². The monoisotopic (exact) mass is 330 g/mol. The molecular formula is C18H26N4O2. The van der Waals surface area contributed by atoms with E-state index in [9.17, 15) is 4.79 Å². The zero-order valence-corrected chi connectivity index (χ0v) is 14.2. The van der Waals surface area contributed by atoms with Gasteiger partial charge in [0.05, 0.1) is 19.4 Å². The Bertz CT molecular complexity index is 578. The highest BCUT2D eigenvalue weighted by atomic mass is 16.5. The Hall–Kier alpha value is -1.53. The molecule has 130 valence electrons. The maximum Gasteiger partial charge on any atom is 0.274 e. The van der Waals surface area contributed by atoms with Crippen LogP contribution in [0.25, 0.3) is 0 Å².